The SMILES string of the molecule is CSc1ccc(CNc2c(Br)cccc2Br)cc1. The molecule has 0 saturated heterocycles. The maximum atomic E-state index is 3.55. The van der Waals surface area contributed by atoms with Crippen LogP contribution in [0.3, 0.4) is 0 Å². The van der Waals surface area contributed by atoms with Crippen LogP contribution in [0.2, 0.25) is 0 Å². The Kier molecular flexibility index (Phi) is 5.15. The summed E-state index contributed by atoms with van der Waals surface area (Å²) in [7, 11) is 0. The Balaban J connectivity index is 2.06. The highest BCUT2D eigenvalue weighted by atomic mass is 79.9. The zero-order chi connectivity index (χ0) is 13.0. The van der Waals surface area contributed by atoms with Gasteiger partial charge in [-0.1, -0.05) is 18.2 Å². The lowest BCUT2D eigenvalue weighted by Crippen LogP contribution is -2.00. The van der Waals surface area contributed by atoms with E-state index in [0.29, 0.717) is 0 Å². The molecule has 0 aliphatic heterocycles. The standard InChI is InChI=1S/C14H13Br2NS/c1-18-11-7-5-10(6-8-11)9-17-14-12(15)3-2-4-13(14)16/h2-8,17H,9H2,1H3. The number of nitrogens with one attached hydrogen (secondary N) is 1. The van der Waals surface area contributed by atoms with Crippen LogP contribution in [-0.2, 0) is 6.54 Å². The van der Waals surface area contributed by atoms with E-state index in [2.05, 4.69) is 67.7 Å². The molecule has 1 nitrogen and oxygen atoms in total. The van der Waals surface area contributed by atoms with Gasteiger partial charge in [0.25, 0.3) is 0 Å². The summed E-state index contributed by atoms with van der Waals surface area (Å²) in [5.74, 6) is 0. The van der Waals surface area contributed by atoms with Crippen LogP contribution in [0.25, 0.3) is 0 Å². The van der Waals surface area contributed by atoms with Gasteiger partial charge in [0.05, 0.1) is 5.69 Å². The van der Waals surface area contributed by atoms with Gasteiger partial charge >= 0.3 is 0 Å². The fourth-order valence-corrected chi connectivity index (χ4v) is 3.29. The van der Waals surface area contributed by atoms with Crippen molar-refractivity contribution in [2.24, 2.45) is 0 Å². The average Bonchev–Trinajstić information content (AvgIpc) is 2.39. The molecule has 0 heterocycles. The fraction of sp³-hybridized carbons (Fsp3) is 0.143. The lowest BCUT2D eigenvalue weighted by Gasteiger charge is -2.11. The van der Waals surface area contributed by atoms with Crippen LogP contribution in [0.4, 0.5) is 5.69 Å². The molecular formula is C14H13Br2NS. The lowest BCUT2D eigenvalue weighted by atomic mass is 10.2. The van der Waals surface area contributed by atoms with Gasteiger partial charge in [-0.25, -0.2) is 0 Å². The second kappa shape index (κ2) is 6.64. The van der Waals surface area contributed by atoms with Gasteiger partial charge in [0, 0.05) is 20.4 Å². The summed E-state index contributed by atoms with van der Waals surface area (Å²) < 4.78 is 2.13. The normalized spacial score (nSPS) is 10.4. The molecule has 18 heavy (non-hydrogen) atoms. The minimum Gasteiger partial charge on any atom is -0.379 e. The van der Waals surface area contributed by atoms with E-state index >= 15 is 0 Å². The first-order valence-corrected chi connectivity index (χ1v) is 8.32. The number of para-hydroxylation sites is 1. The highest BCUT2D eigenvalue weighted by Gasteiger charge is 2.03. The van der Waals surface area contributed by atoms with E-state index in [4.69, 9.17) is 0 Å². The van der Waals surface area contributed by atoms with E-state index in [1.54, 1.807) is 11.8 Å². The third kappa shape index (κ3) is 3.53. The molecule has 1 N–H and O–H groups in total. The smallest absolute Gasteiger partial charge is 0.0631 e. The second-order valence-corrected chi connectivity index (χ2v) is 6.39. The van der Waals surface area contributed by atoms with Crippen LogP contribution in [0.15, 0.2) is 56.3 Å². The summed E-state index contributed by atoms with van der Waals surface area (Å²) in [6.45, 7) is 0.815. The Morgan fingerprint density at radius 2 is 1.61 bits per heavy atom. The van der Waals surface area contributed by atoms with Crippen LogP contribution >= 0.6 is 43.6 Å². The second-order valence-electron chi connectivity index (χ2n) is 3.80. The summed E-state index contributed by atoms with van der Waals surface area (Å²) in [6.07, 6.45) is 2.09. The van der Waals surface area contributed by atoms with Gasteiger partial charge < -0.3 is 5.32 Å². The minimum atomic E-state index is 0.815. The molecule has 94 valence electrons. The zero-order valence-corrected chi connectivity index (χ0v) is 13.9. The zero-order valence-electron chi connectivity index (χ0n) is 9.91. The number of halogens is 2. The van der Waals surface area contributed by atoms with Gasteiger partial charge in [0.15, 0.2) is 0 Å². The van der Waals surface area contributed by atoms with Gasteiger partial charge in [0.2, 0.25) is 0 Å². The largest absolute Gasteiger partial charge is 0.379 e. The third-order valence-corrected chi connectivity index (χ3v) is 4.66. The van der Waals surface area contributed by atoms with Crippen LogP contribution in [0.1, 0.15) is 5.56 Å². The first-order chi connectivity index (χ1) is 8.70. The van der Waals surface area contributed by atoms with Crippen molar-refractivity contribution in [3.8, 4) is 0 Å². The Hall–Kier alpha value is -0.450. The van der Waals surface area contributed by atoms with Gasteiger partial charge in [-0.2, -0.15) is 0 Å². The van der Waals surface area contributed by atoms with Crippen molar-refractivity contribution in [3.05, 3.63) is 57.0 Å². The molecule has 0 saturated carbocycles. The van der Waals surface area contributed by atoms with Crippen molar-refractivity contribution in [1.82, 2.24) is 0 Å². The van der Waals surface area contributed by atoms with Crippen molar-refractivity contribution in [2.45, 2.75) is 11.4 Å². The van der Waals surface area contributed by atoms with Crippen molar-refractivity contribution < 1.29 is 0 Å². The fourth-order valence-electron chi connectivity index (χ4n) is 1.60. The molecule has 2 aromatic carbocycles. The number of hydrogen-bond donors (Lipinski definition) is 1. The van der Waals surface area contributed by atoms with Crippen molar-refractivity contribution in [3.63, 3.8) is 0 Å². The monoisotopic (exact) mass is 385 g/mol. The predicted molar refractivity (Wildman–Crippen MR) is 87.4 cm³/mol. The van der Waals surface area contributed by atoms with Crippen LogP contribution in [-0.4, -0.2) is 6.26 Å². The summed E-state index contributed by atoms with van der Waals surface area (Å²) >= 11 is 8.86. The molecule has 0 spiro atoms. The molecule has 0 aliphatic rings. The summed E-state index contributed by atoms with van der Waals surface area (Å²) in [4.78, 5) is 1.29. The third-order valence-electron chi connectivity index (χ3n) is 2.59. The van der Waals surface area contributed by atoms with Crippen LogP contribution in [0.5, 0.6) is 0 Å². The maximum Gasteiger partial charge on any atom is 0.0631 e. The lowest BCUT2D eigenvalue weighted by molar-refractivity contribution is 1.13. The van der Waals surface area contributed by atoms with Gasteiger partial charge in [-0.3, -0.25) is 0 Å². The molecule has 2 aromatic rings. The van der Waals surface area contributed by atoms with Crippen LogP contribution in [0, 0.1) is 0 Å². The number of hydrogen-bond acceptors (Lipinski definition) is 2. The molecule has 4 heteroatoms. The molecule has 0 radical (unpaired) electrons. The highest BCUT2D eigenvalue weighted by molar-refractivity contribution is 9.11. The van der Waals surface area contributed by atoms with Gasteiger partial charge in [-0.15, -0.1) is 11.8 Å². The molecule has 0 fully saturated rings. The quantitative estimate of drug-likeness (QED) is 0.691. The number of rotatable bonds is 4. The number of thioether (sulfide) groups is 1. The van der Waals surface area contributed by atoms with E-state index in [0.717, 1.165) is 21.2 Å². The molecule has 0 aromatic heterocycles. The number of benzene rings is 2. The molecule has 0 amide bonds. The topological polar surface area (TPSA) is 12.0 Å². The minimum absolute atomic E-state index is 0.815. The van der Waals surface area contributed by atoms with Crippen molar-refractivity contribution >= 4 is 49.3 Å². The molecule has 0 aliphatic carbocycles. The Morgan fingerprint density at radius 3 is 2.17 bits per heavy atom. The first kappa shape index (κ1) is 14.0. The van der Waals surface area contributed by atoms with Crippen molar-refractivity contribution in [1.29, 1.82) is 0 Å². The van der Waals surface area contributed by atoms with Crippen molar-refractivity contribution in [2.75, 3.05) is 11.6 Å². The Bertz CT molecular complexity index is 506. The first-order valence-electron chi connectivity index (χ1n) is 5.51. The summed E-state index contributed by atoms with van der Waals surface area (Å²) in [6, 6.07) is 14.7. The summed E-state index contributed by atoms with van der Waals surface area (Å²) in [5, 5.41) is 3.43. The molecular weight excluding hydrogens is 374 g/mol. The van der Waals surface area contributed by atoms with Gasteiger partial charge in [0.1, 0.15) is 0 Å². The van der Waals surface area contributed by atoms with E-state index in [1.165, 1.54) is 10.5 Å². The molecule has 0 unspecified atom stereocenters. The summed E-state index contributed by atoms with van der Waals surface area (Å²) in [5.41, 5.74) is 2.36. The number of anilines is 1. The maximum absolute atomic E-state index is 3.55. The van der Waals surface area contributed by atoms with Gasteiger partial charge in [-0.05, 0) is 67.9 Å². The predicted octanol–water partition coefficient (Wildman–Crippen LogP) is 5.55. The van der Waals surface area contributed by atoms with E-state index in [9.17, 15) is 0 Å². The molecule has 0 atom stereocenters. The molecule has 0 bridgehead atoms. The highest BCUT2D eigenvalue weighted by Crippen LogP contribution is 2.30. The van der Waals surface area contributed by atoms with E-state index in [-0.39, 0.29) is 0 Å². The Labute approximate surface area is 129 Å². The van der Waals surface area contributed by atoms with Crippen LogP contribution < -0.4 is 5.32 Å². The van der Waals surface area contributed by atoms with E-state index in [1.807, 2.05) is 18.2 Å². The molecule has 2 rings (SSSR count). The Morgan fingerprint density at radius 1 is 1.00 bits per heavy atom. The van der Waals surface area contributed by atoms with E-state index < -0.39 is 0 Å². The average molecular weight is 387 g/mol.